The number of aryl methyl sites for hydroxylation is 1. The third-order valence-corrected chi connectivity index (χ3v) is 3.34. The summed E-state index contributed by atoms with van der Waals surface area (Å²) in [7, 11) is 0. The summed E-state index contributed by atoms with van der Waals surface area (Å²) in [5.41, 5.74) is 0.657. The van der Waals surface area contributed by atoms with E-state index < -0.39 is 5.97 Å². The molecule has 0 fully saturated rings. The molecule has 2 aromatic rings. The summed E-state index contributed by atoms with van der Waals surface area (Å²) in [5.74, 6) is 0.0811. The minimum Gasteiger partial charge on any atom is -0.477 e. The molecule has 0 unspecified atom stereocenters. The maximum absolute atomic E-state index is 11.0. The van der Waals surface area contributed by atoms with Gasteiger partial charge in [-0.1, -0.05) is 18.2 Å². The van der Waals surface area contributed by atoms with E-state index in [1.165, 1.54) is 0 Å². The quantitative estimate of drug-likeness (QED) is 0.856. The fourth-order valence-electron chi connectivity index (χ4n) is 1.43. The molecule has 1 aromatic heterocycles. The highest BCUT2D eigenvalue weighted by Crippen LogP contribution is 2.20. The Balaban J connectivity index is 2.11. The first-order valence-corrected chi connectivity index (χ1v) is 6.39. The SMILES string of the molecule is Cc1cnc(CSc2ccccc2)nc1C(=O)O. The molecule has 0 aliphatic carbocycles. The summed E-state index contributed by atoms with van der Waals surface area (Å²) >= 11 is 1.58. The average molecular weight is 260 g/mol. The van der Waals surface area contributed by atoms with Crippen LogP contribution < -0.4 is 0 Å². The van der Waals surface area contributed by atoms with Gasteiger partial charge in [0.25, 0.3) is 0 Å². The number of thioether (sulfide) groups is 1. The van der Waals surface area contributed by atoms with Crippen molar-refractivity contribution < 1.29 is 9.90 Å². The Morgan fingerprint density at radius 2 is 2.06 bits per heavy atom. The molecule has 4 nitrogen and oxygen atoms in total. The molecule has 1 heterocycles. The van der Waals surface area contributed by atoms with Crippen molar-refractivity contribution in [3.8, 4) is 0 Å². The van der Waals surface area contributed by atoms with Gasteiger partial charge in [-0.25, -0.2) is 14.8 Å². The highest BCUT2D eigenvalue weighted by Gasteiger charge is 2.10. The van der Waals surface area contributed by atoms with E-state index >= 15 is 0 Å². The second-order valence-electron chi connectivity index (χ2n) is 3.72. The van der Waals surface area contributed by atoms with Gasteiger partial charge in [0.15, 0.2) is 5.69 Å². The predicted molar refractivity (Wildman–Crippen MR) is 69.7 cm³/mol. The predicted octanol–water partition coefficient (Wildman–Crippen LogP) is 2.78. The molecule has 0 atom stereocenters. The molecule has 5 heteroatoms. The van der Waals surface area contributed by atoms with Gasteiger partial charge in [-0.15, -0.1) is 11.8 Å². The highest BCUT2D eigenvalue weighted by atomic mass is 32.2. The molecule has 0 saturated carbocycles. The molecule has 0 radical (unpaired) electrons. The molecule has 1 N–H and O–H groups in total. The highest BCUT2D eigenvalue weighted by molar-refractivity contribution is 7.98. The smallest absolute Gasteiger partial charge is 0.354 e. The minimum atomic E-state index is -1.01. The van der Waals surface area contributed by atoms with Crippen LogP contribution in [0.25, 0.3) is 0 Å². The van der Waals surface area contributed by atoms with E-state index in [1.807, 2.05) is 30.3 Å². The lowest BCUT2D eigenvalue weighted by Gasteiger charge is -2.03. The van der Waals surface area contributed by atoms with Gasteiger partial charge in [0.05, 0.1) is 5.75 Å². The second-order valence-corrected chi connectivity index (χ2v) is 4.77. The van der Waals surface area contributed by atoms with Gasteiger partial charge in [0, 0.05) is 16.7 Å². The molecular weight excluding hydrogens is 248 g/mol. The summed E-state index contributed by atoms with van der Waals surface area (Å²) < 4.78 is 0. The number of carboxylic acid groups (broad SMARTS) is 1. The molecule has 0 amide bonds. The average Bonchev–Trinajstić information content (AvgIpc) is 2.38. The van der Waals surface area contributed by atoms with Crippen molar-refractivity contribution in [2.45, 2.75) is 17.6 Å². The van der Waals surface area contributed by atoms with E-state index in [2.05, 4.69) is 9.97 Å². The van der Waals surface area contributed by atoms with Gasteiger partial charge in [0.2, 0.25) is 0 Å². The lowest BCUT2D eigenvalue weighted by atomic mass is 10.2. The number of carbonyl (C=O) groups is 1. The van der Waals surface area contributed by atoms with Gasteiger partial charge in [-0.2, -0.15) is 0 Å². The largest absolute Gasteiger partial charge is 0.477 e. The first kappa shape index (κ1) is 12.6. The van der Waals surface area contributed by atoms with Crippen LogP contribution in [0.4, 0.5) is 0 Å². The third kappa shape index (κ3) is 3.07. The van der Waals surface area contributed by atoms with Crippen LogP contribution in [-0.4, -0.2) is 21.0 Å². The van der Waals surface area contributed by atoms with Crippen molar-refractivity contribution in [2.24, 2.45) is 0 Å². The molecule has 0 aliphatic heterocycles. The zero-order valence-corrected chi connectivity index (χ0v) is 10.6. The Labute approximate surface area is 109 Å². The molecule has 0 spiro atoms. The molecule has 0 aliphatic rings. The molecule has 2 rings (SSSR count). The summed E-state index contributed by atoms with van der Waals surface area (Å²) in [4.78, 5) is 20.3. The van der Waals surface area contributed by atoms with E-state index in [0.29, 0.717) is 17.1 Å². The molecule has 18 heavy (non-hydrogen) atoms. The number of carboxylic acids is 1. The van der Waals surface area contributed by atoms with Crippen LogP contribution in [-0.2, 0) is 5.75 Å². The van der Waals surface area contributed by atoms with Crippen molar-refractivity contribution in [2.75, 3.05) is 0 Å². The summed E-state index contributed by atoms with van der Waals surface area (Å²) in [6.07, 6.45) is 1.55. The Hall–Kier alpha value is -1.88. The van der Waals surface area contributed by atoms with E-state index in [-0.39, 0.29) is 5.69 Å². The van der Waals surface area contributed by atoms with Crippen molar-refractivity contribution in [3.05, 3.63) is 53.6 Å². The Kier molecular flexibility index (Phi) is 3.94. The van der Waals surface area contributed by atoms with E-state index in [1.54, 1.807) is 24.9 Å². The maximum Gasteiger partial charge on any atom is 0.354 e. The van der Waals surface area contributed by atoms with E-state index in [9.17, 15) is 4.79 Å². The molecule has 0 bridgehead atoms. The monoisotopic (exact) mass is 260 g/mol. The molecular formula is C13H12N2O2S. The van der Waals surface area contributed by atoms with E-state index in [4.69, 9.17) is 5.11 Å². The van der Waals surface area contributed by atoms with Crippen LogP contribution in [0.1, 0.15) is 21.9 Å². The van der Waals surface area contributed by atoms with Crippen LogP contribution in [0.15, 0.2) is 41.4 Å². The topological polar surface area (TPSA) is 63.1 Å². The number of nitrogens with zero attached hydrogens (tertiary/aromatic N) is 2. The van der Waals surface area contributed by atoms with Crippen molar-refractivity contribution in [1.29, 1.82) is 0 Å². The number of hydrogen-bond acceptors (Lipinski definition) is 4. The van der Waals surface area contributed by atoms with Crippen molar-refractivity contribution in [3.63, 3.8) is 0 Å². The Morgan fingerprint density at radius 3 is 2.72 bits per heavy atom. The van der Waals surface area contributed by atoms with Crippen molar-refractivity contribution in [1.82, 2.24) is 9.97 Å². The number of hydrogen-bond donors (Lipinski definition) is 1. The molecule has 1 aromatic carbocycles. The van der Waals surface area contributed by atoms with Gasteiger partial charge >= 0.3 is 5.97 Å². The van der Waals surface area contributed by atoms with Crippen LogP contribution in [0.3, 0.4) is 0 Å². The summed E-state index contributed by atoms with van der Waals surface area (Å²) in [6, 6.07) is 9.87. The lowest BCUT2D eigenvalue weighted by molar-refractivity contribution is 0.0689. The maximum atomic E-state index is 11.0. The van der Waals surface area contributed by atoms with Crippen molar-refractivity contribution >= 4 is 17.7 Å². The second kappa shape index (κ2) is 5.64. The Bertz CT molecular complexity index is 558. The summed E-state index contributed by atoms with van der Waals surface area (Å²) in [5, 5.41) is 8.98. The zero-order valence-electron chi connectivity index (χ0n) is 9.83. The van der Waals surface area contributed by atoms with Gasteiger partial charge in [-0.05, 0) is 19.1 Å². The van der Waals surface area contributed by atoms with Crippen LogP contribution in [0.5, 0.6) is 0 Å². The standard InChI is InChI=1S/C13H12N2O2S/c1-9-7-14-11(15-12(9)13(16)17)8-18-10-5-3-2-4-6-10/h2-7H,8H2,1H3,(H,16,17). The molecule has 0 saturated heterocycles. The fraction of sp³-hybridized carbons (Fsp3) is 0.154. The Morgan fingerprint density at radius 1 is 1.33 bits per heavy atom. The van der Waals surface area contributed by atoms with Gasteiger partial charge < -0.3 is 5.11 Å². The minimum absolute atomic E-state index is 0.0775. The number of aromatic nitrogens is 2. The number of rotatable bonds is 4. The normalized spacial score (nSPS) is 10.3. The van der Waals surface area contributed by atoms with Gasteiger partial charge in [0.1, 0.15) is 5.82 Å². The van der Waals surface area contributed by atoms with Crippen LogP contribution in [0, 0.1) is 6.92 Å². The zero-order chi connectivity index (χ0) is 13.0. The van der Waals surface area contributed by atoms with Crippen LogP contribution >= 0.6 is 11.8 Å². The first-order valence-electron chi connectivity index (χ1n) is 5.40. The van der Waals surface area contributed by atoms with Crippen LogP contribution in [0.2, 0.25) is 0 Å². The lowest BCUT2D eigenvalue weighted by Crippen LogP contribution is -2.07. The molecule has 92 valence electrons. The first-order chi connectivity index (χ1) is 8.66. The number of benzene rings is 1. The third-order valence-electron chi connectivity index (χ3n) is 2.34. The summed E-state index contributed by atoms with van der Waals surface area (Å²) in [6.45, 7) is 1.69. The van der Waals surface area contributed by atoms with Gasteiger partial charge in [-0.3, -0.25) is 0 Å². The fourth-order valence-corrected chi connectivity index (χ4v) is 2.21. The number of aromatic carboxylic acids is 1. The van der Waals surface area contributed by atoms with E-state index in [0.717, 1.165) is 4.90 Å².